The Bertz CT molecular complexity index is 1280. The molecule has 0 radical (unpaired) electrons. The quantitative estimate of drug-likeness (QED) is 0.459. The van der Waals surface area contributed by atoms with Crippen LogP contribution in [0.5, 0.6) is 0 Å². The molecule has 9 heteroatoms. The third kappa shape index (κ3) is 6.39. The van der Waals surface area contributed by atoms with E-state index >= 15 is 0 Å². The monoisotopic (exact) mass is 575 g/mol. The molecule has 2 N–H and O–H groups in total. The van der Waals surface area contributed by atoms with Crippen molar-refractivity contribution in [1.29, 1.82) is 5.26 Å². The molecule has 1 saturated carbocycles. The molecule has 0 bridgehead atoms. The number of ether oxygens (including phenoxy) is 1. The normalized spacial score (nSPS) is 23.0. The number of nitrogens with zero attached hydrogens (tertiary/aromatic N) is 3. The summed E-state index contributed by atoms with van der Waals surface area (Å²) in [5.41, 5.74) is 2.21. The number of piperidine rings is 1. The highest BCUT2D eigenvalue weighted by molar-refractivity contribution is 5.73. The predicted octanol–water partition coefficient (Wildman–Crippen LogP) is 4.44. The van der Waals surface area contributed by atoms with Crippen LogP contribution in [0, 0.1) is 34.9 Å². The molecule has 2 amide bonds. The number of nitrogens with one attached hydrogen (secondary N) is 2. The van der Waals surface area contributed by atoms with Gasteiger partial charge < -0.3 is 25.2 Å². The molecule has 2 aromatic carbocycles. The summed E-state index contributed by atoms with van der Waals surface area (Å²) in [7, 11) is 1.37. The van der Waals surface area contributed by atoms with E-state index in [9.17, 15) is 14.0 Å². The summed E-state index contributed by atoms with van der Waals surface area (Å²) in [5, 5.41) is 15.2. The topological polar surface area (TPSA) is 97.7 Å². The van der Waals surface area contributed by atoms with E-state index in [-0.39, 0.29) is 29.6 Å². The minimum absolute atomic E-state index is 0.0365. The molecule has 1 aliphatic carbocycles. The van der Waals surface area contributed by atoms with Gasteiger partial charge >= 0.3 is 6.09 Å². The molecule has 8 nitrogen and oxygen atoms in total. The minimum Gasteiger partial charge on any atom is -0.453 e. The van der Waals surface area contributed by atoms with Crippen LogP contribution in [0.1, 0.15) is 50.2 Å². The fourth-order valence-electron chi connectivity index (χ4n) is 7.78. The molecule has 3 aliphatic rings. The number of benzene rings is 2. The van der Waals surface area contributed by atoms with Crippen LogP contribution in [0.25, 0.3) is 0 Å². The van der Waals surface area contributed by atoms with E-state index in [0.29, 0.717) is 18.0 Å². The standard InChI is InChI=1S/C33H42FN5O3/c1-23(40)36-22-33(27-5-3-6-28(34)17-27,30-7-4-8-31(30)37-32(41)42-2)26-13-15-38(16-14-26)19-25-20-39(21-25)29-11-9-24(18-35)10-12-29/h3,5-6,9-12,17,25-26,30-31H,4,7-8,13-16,19-22H2,1-2H3,(H,36,40)(H,37,41)/t30-,31-,33?/m0/s1. The van der Waals surface area contributed by atoms with Crippen LogP contribution in [-0.2, 0) is 14.9 Å². The molecule has 42 heavy (non-hydrogen) atoms. The summed E-state index contributed by atoms with van der Waals surface area (Å²) in [6.45, 7) is 6.86. The van der Waals surface area contributed by atoms with Crippen molar-refractivity contribution in [3.05, 3.63) is 65.5 Å². The first-order valence-corrected chi connectivity index (χ1v) is 15.1. The highest BCUT2D eigenvalue weighted by Gasteiger charge is 2.52. The average molecular weight is 576 g/mol. The molecule has 2 heterocycles. The number of carbonyl (C=O) groups excluding carboxylic acids is 2. The lowest BCUT2D eigenvalue weighted by Crippen LogP contribution is -2.58. The first-order chi connectivity index (χ1) is 20.3. The molecule has 0 spiro atoms. The summed E-state index contributed by atoms with van der Waals surface area (Å²) in [6, 6.07) is 16.7. The summed E-state index contributed by atoms with van der Waals surface area (Å²) in [4.78, 5) is 29.5. The molecule has 2 saturated heterocycles. The van der Waals surface area contributed by atoms with E-state index < -0.39 is 11.5 Å². The lowest BCUT2D eigenvalue weighted by Gasteiger charge is -2.51. The van der Waals surface area contributed by atoms with Gasteiger partial charge in [-0.15, -0.1) is 0 Å². The smallest absolute Gasteiger partial charge is 0.407 e. The van der Waals surface area contributed by atoms with Crippen LogP contribution in [0.2, 0.25) is 0 Å². The molecule has 2 aromatic rings. The summed E-state index contributed by atoms with van der Waals surface area (Å²) in [6.07, 6.45) is 4.08. The highest BCUT2D eigenvalue weighted by Crippen LogP contribution is 2.50. The van der Waals surface area contributed by atoms with E-state index in [1.165, 1.54) is 20.1 Å². The van der Waals surface area contributed by atoms with Gasteiger partial charge in [0, 0.05) is 56.2 Å². The zero-order valence-corrected chi connectivity index (χ0v) is 24.7. The zero-order chi connectivity index (χ0) is 29.7. The largest absolute Gasteiger partial charge is 0.453 e. The van der Waals surface area contributed by atoms with Gasteiger partial charge in [-0.25, -0.2) is 9.18 Å². The second-order valence-corrected chi connectivity index (χ2v) is 12.2. The number of halogens is 1. The van der Waals surface area contributed by atoms with Crippen LogP contribution in [0.4, 0.5) is 14.9 Å². The van der Waals surface area contributed by atoms with Crippen LogP contribution in [-0.4, -0.2) is 69.3 Å². The predicted molar refractivity (Wildman–Crippen MR) is 159 cm³/mol. The fourth-order valence-corrected chi connectivity index (χ4v) is 7.78. The third-order valence-electron chi connectivity index (χ3n) is 9.81. The van der Waals surface area contributed by atoms with Gasteiger partial charge in [0.2, 0.25) is 5.91 Å². The van der Waals surface area contributed by atoms with Gasteiger partial charge in [0.25, 0.3) is 0 Å². The van der Waals surface area contributed by atoms with E-state index in [1.807, 2.05) is 30.3 Å². The fraction of sp³-hybridized carbons (Fsp3) is 0.545. The Morgan fingerprint density at radius 2 is 1.83 bits per heavy atom. The number of amides is 2. The first-order valence-electron chi connectivity index (χ1n) is 15.1. The van der Waals surface area contributed by atoms with Crippen molar-refractivity contribution in [3.8, 4) is 6.07 Å². The molecule has 1 unspecified atom stereocenters. The second kappa shape index (κ2) is 13.1. The highest BCUT2D eigenvalue weighted by atomic mass is 19.1. The van der Waals surface area contributed by atoms with Crippen molar-refractivity contribution in [2.75, 3.05) is 51.3 Å². The van der Waals surface area contributed by atoms with E-state index in [0.717, 1.165) is 76.1 Å². The van der Waals surface area contributed by atoms with Crippen molar-refractivity contribution in [3.63, 3.8) is 0 Å². The third-order valence-corrected chi connectivity index (χ3v) is 9.81. The lowest BCUT2D eigenvalue weighted by atomic mass is 9.58. The van der Waals surface area contributed by atoms with Gasteiger partial charge in [-0.3, -0.25) is 4.79 Å². The van der Waals surface area contributed by atoms with Crippen molar-refractivity contribution >= 4 is 17.7 Å². The Balaban J connectivity index is 1.31. The van der Waals surface area contributed by atoms with Crippen molar-refractivity contribution in [2.45, 2.75) is 50.5 Å². The van der Waals surface area contributed by atoms with E-state index in [4.69, 9.17) is 10.00 Å². The van der Waals surface area contributed by atoms with Crippen molar-refractivity contribution in [1.82, 2.24) is 15.5 Å². The number of methoxy groups -OCH3 is 1. The lowest BCUT2D eigenvalue weighted by molar-refractivity contribution is -0.119. The molecule has 224 valence electrons. The molecule has 0 aromatic heterocycles. The van der Waals surface area contributed by atoms with Gasteiger partial charge in [-0.05, 0) is 92.6 Å². The molecule has 3 fully saturated rings. The number of alkyl carbamates (subject to hydrolysis) is 1. The van der Waals surface area contributed by atoms with Gasteiger partial charge in [0.05, 0.1) is 18.7 Å². The molecule has 3 atom stereocenters. The average Bonchev–Trinajstić information content (AvgIpc) is 3.44. The maximum absolute atomic E-state index is 14.8. The maximum Gasteiger partial charge on any atom is 0.407 e. The first kappa shape index (κ1) is 29.8. The summed E-state index contributed by atoms with van der Waals surface area (Å²) >= 11 is 0. The zero-order valence-electron chi connectivity index (χ0n) is 24.7. The van der Waals surface area contributed by atoms with Crippen LogP contribution < -0.4 is 15.5 Å². The van der Waals surface area contributed by atoms with Gasteiger partial charge in [0.1, 0.15) is 5.82 Å². The number of hydrogen-bond donors (Lipinski definition) is 2. The Labute approximate surface area is 248 Å². The number of likely N-dealkylation sites (tertiary alicyclic amines) is 1. The SMILES string of the molecule is COC(=O)N[C@H]1CCC[C@@H]1C(CNC(C)=O)(c1cccc(F)c1)C1CCN(CC2CN(c3ccc(C#N)cc3)C2)CC1. The van der Waals surface area contributed by atoms with E-state index in [1.54, 1.807) is 12.1 Å². The van der Waals surface area contributed by atoms with Gasteiger partial charge in [-0.2, -0.15) is 5.26 Å². The van der Waals surface area contributed by atoms with Gasteiger partial charge in [0.15, 0.2) is 0 Å². The molecular weight excluding hydrogens is 533 g/mol. The van der Waals surface area contributed by atoms with Gasteiger partial charge in [-0.1, -0.05) is 18.6 Å². The Morgan fingerprint density at radius 3 is 2.48 bits per heavy atom. The second-order valence-electron chi connectivity index (χ2n) is 12.2. The molecule has 2 aliphatic heterocycles. The number of anilines is 1. The number of carbonyl (C=O) groups is 2. The number of nitriles is 1. The van der Waals surface area contributed by atoms with E-state index in [2.05, 4.69) is 26.5 Å². The maximum atomic E-state index is 14.8. The van der Waals surface area contributed by atoms with Crippen LogP contribution in [0.15, 0.2) is 48.5 Å². The number of hydrogen-bond acceptors (Lipinski definition) is 6. The summed E-state index contributed by atoms with van der Waals surface area (Å²) in [5.74, 6) is 0.441. The molecule has 5 rings (SSSR count). The molecular formula is C33H42FN5O3. The Kier molecular flexibility index (Phi) is 9.32. The number of rotatable bonds is 9. The summed E-state index contributed by atoms with van der Waals surface area (Å²) < 4.78 is 19.7. The van der Waals surface area contributed by atoms with Crippen LogP contribution >= 0.6 is 0 Å². The van der Waals surface area contributed by atoms with Crippen LogP contribution in [0.3, 0.4) is 0 Å². The Hall–Kier alpha value is -3.64. The minimum atomic E-state index is -0.523. The van der Waals surface area contributed by atoms with Crippen molar-refractivity contribution in [2.24, 2.45) is 17.8 Å². The van der Waals surface area contributed by atoms with Crippen molar-refractivity contribution < 1.29 is 18.7 Å². The Morgan fingerprint density at radius 1 is 1.10 bits per heavy atom.